The molecule has 30 heavy (non-hydrogen) atoms. The van der Waals surface area contributed by atoms with E-state index in [2.05, 4.69) is 20.9 Å². The fraction of sp³-hybridized carbons (Fsp3) is 0.350. The van der Waals surface area contributed by atoms with E-state index in [0.29, 0.717) is 24.7 Å². The molecule has 3 rings (SSSR count). The largest absolute Gasteiger partial charge is 0.322 e. The van der Waals surface area contributed by atoms with Crippen molar-refractivity contribution in [2.45, 2.75) is 19.9 Å². The van der Waals surface area contributed by atoms with Gasteiger partial charge in [-0.2, -0.15) is 0 Å². The van der Waals surface area contributed by atoms with Gasteiger partial charge in [-0.05, 0) is 36.2 Å². The normalized spacial score (nSPS) is 16.0. The van der Waals surface area contributed by atoms with Crippen LogP contribution in [0.2, 0.25) is 5.02 Å². The van der Waals surface area contributed by atoms with Gasteiger partial charge in [-0.25, -0.2) is 14.2 Å². The third-order valence-electron chi connectivity index (χ3n) is 4.75. The number of carbonyl (C=O) groups is 2. The minimum absolute atomic E-state index is 0. The number of rotatable bonds is 4. The molecule has 0 spiro atoms. The average molecular weight is 456 g/mol. The van der Waals surface area contributed by atoms with Gasteiger partial charge in [0.15, 0.2) is 0 Å². The molecule has 1 aromatic carbocycles. The molecule has 2 heterocycles. The number of carbonyl (C=O) groups excluding carboxylic acids is 2. The number of hydrogen-bond acceptors (Lipinski definition) is 4. The maximum atomic E-state index is 13.8. The van der Waals surface area contributed by atoms with Gasteiger partial charge < -0.3 is 20.9 Å². The molecule has 1 fully saturated rings. The van der Waals surface area contributed by atoms with E-state index in [1.165, 1.54) is 24.4 Å². The highest BCUT2D eigenvalue weighted by atomic mass is 35.5. The lowest BCUT2D eigenvalue weighted by molar-refractivity contribution is 0.102. The Bertz CT molecular complexity index is 895. The van der Waals surface area contributed by atoms with Gasteiger partial charge >= 0.3 is 6.03 Å². The molecule has 1 atom stereocenters. The highest BCUT2D eigenvalue weighted by Crippen LogP contribution is 2.21. The quantitative estimate of drug-likeness (QED) is 0.649. The number of nitrogens with one attached hydrogen (secondary N) is 3. The van der Waals surface area contributed by atoms with Crippen LogP contribution in [-0.2, 0) is 0 Å². The fourth-order valence-electron chi connectivity index (χ4n) is 3.21. The van der Waals surface area contributed by atoms with Crippen LogP contribution < -0.4 is 16.0 Å². The van der Waals surface area contributed by atoms with E-state index in [0.717, 1.165) is 6.07 Å². The van der Waals surface area contributed by atoms with Gasteiger partial charge in [0, 0.05) is 31.9 Å². The van der Waals surface area contributed by atoms with Crippen LogP contribution in [-0.4, -0.2) is 47.5 Å². The first kappa shape index (κ1) is 23.9. The van der Waals surface area contributed by atoms with Gasteiger partial charge in [-0.1, -0.05) is 25.4 Å². The maximum absolute atomic E-state index is 13.8. The number of benzene rings is 1. The lowest BCUT2D eigenvalue weighted by Crippen LogP contribution is -2.56. The van der Waals surface area contributed by atoms with E-state index < -0.39 is 11.7 Å². The zero-order chi connectivity index (χ0) is 21.0. The molecule has 10 heteroatoms. The Hall–Kier alpha value is -2.42. The minimum atomic E-state index is -0.588. The second-order valence-corrected chi connectivity index (χ2v) is 7.58. The van der Waals surface area contributed by atoms with Crippen molar-refractivity contribution >= 4 is 47.5 Å². The molecule has 1 saturated heterocycles. The summed E-state index contributed by atoms with van der Waals surface area (Å²) in [6.45, 7) is 6.04. The summed E-state index contributed by atoms with van der Waals surface area (Å²) in [6, 6.07) is 6.48. The minimum Gasteiger partial charge on any atom is -0.319 e. The van der Waals surface area contributed by atoms with Crippen molar-refractivity contribution in [1.82, 2.24) is 15.2 Å². The third kappa shape index (κ3) is 5.81. The van der Waals surface area contributed by atoms with E-state index in [1.54, 1.807) is 11.0 Å². The Morgan fingerprint density at radius 3 is 2.70 bits per heavy atom. The molecular formula is C20H24Cl2FN5O2. The summed E-state index contributed by atoms with van der Waals surface area (Å²) in [4.78, 5) is 31.3. The number of pyridine rings is 1. The van der Waals surface area contributed by atoms with Crippen molar-refractivity contribution in [3.8, 4) is 0 Å². The summed E-state index contributed by atoms with van der Waals surface area (Å²) in [5, 5.41) is 9.05. The highest BCUT2D eigenvalue weighted by Gasteiger charge is 2.29. The number of nitrogens with zero attached hydrogens (tertiary/aromatic N) is 2. The van der Waals surface area contributed by atoms with Crippen molar-refractivity contribution in [1.29, 1.82) is 0 Å². The van der Waals surface area contributed by atoms with E-state index in [9.17, 15) is 14.0 Å². The van der Waals surface area contributed by atoms with Gasteiger partial charge in [0.05, 0.1) is 16.3 Å². The van der Waals surface area contributed by atoms with Crippen molar-refractivity contribution in [3.05, 3.63) is 52.9 Å². The zero-order valence-corrected chi connectivity index (χ0v) is 18.2. The van der Waals surface area contributed by atoms with Crippen LogP contribution in [0.5, 0.6) is 0 Å². The Kier molecular flexibility index (Phi) is 8.40. The number of urea groups is 1. The second kappa shape index (κ2) is 10.6. The molecule has 1 aromatic heterocycles. The second-order valence-electron chi connectivity index (χ2n) is 7.14. The Balaban J connectivity index is 0.00000320. The van der Waals surface area contributed by atoms with Gasteiger partial charge in [0.25, 0.3) is 5.91 Å². The Morgan fingerprint density at radius 1 is 1.27 bits per heavy atom. The molecule has 2 aromatic rings. The number of amides is 3. The first-order chi connectivity index (χ1) is 13.8. The SMILES string of the molecule is CC(C)C1CNCCN1C(=O)Nc1ccc(F)cc1C(=O)Nc1ccc(Cl)cn1.Cl. The average Bonchev–Trinajstić information content (AvgIpc) is 2.70. The molecule has 1 aliphatic rings. The van der Waals surface area contributed by atoms with Crippen LogP contribution in [0, 0.1) is 11.7 Å². The van der Waals surface area contributed by atoms with Crippen LogP contribution in [0.3, 0.4) is 0 Å². The number of piperazine rings is 1. The predicted molar refractivity (Wildman–Crippen MR) is 118 cm³/mol. The van der Waals surface area contributed by atoms with Crippen LogP contribution in [0.15, 0.2) is 36.5 Å². The summed E-state index contributed by atoms with van der Waals surface area (Å²) in [6.07, 6.45) is 1.39. The standard InChI is InChI=1S/C20H23ClFN5O2.ClH/c1-12(2)17-11-23-7-8-27(17)20(29)25-16-5-4-14(22)9-15(16)19(28)26-18-6-3-13(21)10-24-18;/h3-6,9-10,12,17,23H,7-8,11H2,1-2H3,(H,25,29)(H,24,26,28);1H. The highest BCUT2D eigenvalue weighted by molar-refractivity contribution is 6.30. The van der Waals surface area contributed by atoms with Gasteiger partial charge in [0.1, 0.15) is 11.6 Å². The number of hydrogen-bond donors (Lipinski definition) is 3. The topological polar surface area (TPSA) is 86.4 Å². The number of aromatic nitrogens is 1. The van der Waals surface area contributed by atoms with E-state index in [-0.39, 0.29) is 47.5 Å². The van der Waals surface area contributed by atoms with Crippen molar-refractivity contribution in [3.63, 3.8) is 0 Å². The third-order valence-corrected chi connectivity index (χ3v) is 4.97. The van der Waals surface area contributed by atoms with Crippen molar-refractivity contribution in [2.24, 2.45) is 5.92 Å². The molecule has 3 N–H and O–H groups in total. The fourth-order valence-corrected chi connectivity index (χ4v) is 3.32. The lowest BCUT2D eigenvalue weighted by atomic mass is 10.0. The molecule has 3 amide bonds. The zero-order valence-electron chi connectivity index (χ0n) is 16.6. The first-order valence-corrected chi connectivity index (χ1v) is 9.73. The summed E-state index contributed by atoms with van der Waals surface area (Å²) < 4.78 is 13.8. The molecule has 0 aliphatic carbocycles. The van der Waals surface area contributed by atoms with Crippen molar-refractivity contribution in [2.75, 3.05) is 30.3 Å². The van der Waals surface area contributed by atoms with Gasteiger partial charge in [0.2, 0.25) is 0 Å². The van der Waals surface area contributed by atoms with E-state index >= 15 is 0 Å². The molecule has 0 radical (unpaired) electrons. The van der Waals surface area contributed by atoms with Crippen molar-refractivity contribution < 1.29 is 14.0 Å². The lowest BCUT2D eigenvalue weighted by Gasteiger charge is -2.38. The first-order valence-electron chi connectivity index (χ1n) is 9.36. The van der Waals surface area contributed by atoms with Crippen LogP contribution in [0.4, 0.5) is 20.7 Å². The Morgan fingerprint density at radius 2 is 2.03 bits per heavy atom. The summed E-state index contributed by atoms with van der Waals surface area (Å²) >= 11 is 5.79. The summed E-state index contributed by atoms with van der Waals surface area (Å²) in [7, 11) is 0. The predicted octanol–water partition coefficient (Wildman–Crippen LogP) is 4.01. The molecule has 0 saturated carbocycles. The van der Waals surface area contributed by atoms with Crippen LogP contribution in [0.25, 0.3) is 0 Å². The monoisotopic (exact) mass is 455 g/mol. The molecule has 1 unspecified atom stereocenters. The van der Waals surface area contributed by atoms with Crippen LogP contribution >= 0.6 is 24.0 Å². The smallest absolute Gasteiger partial charge is 0.319 e. The molecule has 0 bridgehead atoms. The van der Waals surface area contributed by atoms with Gasteiger partial charge in [-0.15, -0.1) is 12.4 Å². The maximum Gasteiger partial charge on any atom is 0.322 e. The molecule has 162 valence electrons. The summed E-state index contributed by atoms with van der Waals surface area (Å²) in [5.74, 6) is -0.641. The van der Waals surface area contributed by atoms with E-state index in [1.807, 2.05) is 13.8 Å². The van der Waals surface area contributed by atoms with E-state index in [4.69, 9.17) is 11.6 Å². The number of halogens is 3. The number of anilines is 2. The molecule has 7 nitrogen and oxygen atoms in total. The molecule has 1 aliphatic heterocycles. The van der Waals surface area contributed by atoms with Crippen LogP contribution in [0.1, 0.15) is 24.2 Å². The van der Waals surface area contributed by atoms with Gasteiger partial charge in [-0.3, -0.25) is 4.79 Å². The Labute approximate surface area is 185 Å². The molecular weight excluding hydrogens is 432 g/mol. The summed E-state index contributed by atoms with van der Waals surface area (Å²) in [5.41, 5.74) is 0.232.